The second-order valence-electron chi connectivity index (χ2n) is 4.49. The van der Waals surface area contributed by atoms with Crippen LogP contribution < -0.4 is 5.73 Å². The van der Waals surface area contributed by atoms with E-state index in [1.807, 2.05) is 0 Å². The molecule has 1 aromatic carbocycles. The van der Waals surface area contributed by atoms with Crippen LogP contribution in [-0.2, 0) is 12.4 Å². The van der Waals surface area contributed by atoms with Crippen molar-refractivity contribution in [1.29, 1.82) is 0 Å². The topological polar surface area (TPSA) is 51.8 Å². The number of nitrogens with zero attached hydrogens (tertiary/aromatic N) is 2. The van der Waals surface area contributed by atoms with E-state index in [0.717, 1.165) is 19.1 Å². The fourth-order valence-electron chi connectivity index (χ4n) is 1.95. The van der Waals surface area contributed by atoms with E-state index in [1.165, 1.54) is 0 Å². The summed E-state index contributed by atoms with van der Waals surface area (Å²) >= 11 is 0. The van der Waals surface area contributed by atoms with Crippen LogP contribution in [0.3, 0.4) is 0 Å². The summed E-state index contributed by atoms with van der Waals surface area (Å²) in [6, 6.07) is 2.40. The van der Waals surface area contributed by atoms with Gasteiger partial charge < -0.3 is 5.73 Å². The van der Waals surface area contributed by atoms with E-state index in [-0.39, 0.29) is 22.5 Å². The van der Waals surface area contributed by atoms with Gasteiger partial charge in [-0.2, -0.15) is 26.3 Å². The smallest absolute Gasteiger partial charge is 0.398 e. The maximum atomic E-state index is 12.8. The number of hydrogen-bond acceptors (Lipinski definition) is 3. The summed E-state index contributed by atoms with van der Waals surface area (Å²) in [5, 5.41) is 0. The Balaban J connectivity index is 2.67. The van der Waals surface area contributed by atoms with E-state index < -0.39 is 23.6 Å². The standard InChI is InChI=1S/C13H9F6N3/c1-6-10(21-5-22-11(6)13(17,18)19)8-4-7(12(14,15)16)2-3-9(8)20/h2-5H,20H2,1H3. The molecule has 0 atom stereocenters. The number of halogens is 6. The minimum absolute atomic E-state index is 0.108. The zero-order valence-corrected chi connectivity index (χ0v) is 11.0. The lowest BCUT2D eigenvalue weighted by molar-refractivity contribution is -0.141. The predicted molar refractivity (Wildman–Crippen MR) is 66.6 cm³/mol. The highest BCUT2D eigenvalue weighted by atomic mass is 19.4. The highest BCUT2D eigenvalue weighted by molar-refractivity contribution is 5.76. The zero-order valence-electron chi connectivity index (χ0n) is 11.0. The molecule has 9 heteroatoms. The van der Waals surface area contributed by atoms with Crippen LogP contribution in [0.4, 0.5) is 32.0 Å². The van der Waals surface area contributed by atoms with Gasteiger partial charge in [-0.3, -0.25) is 0 Å². The van der Waals surface area contributed by atoms with Crippen molar-refractivity contribution in [1.82, 2.24) is 9.97 Å². The second-order valence-corrected chi connectivity index (χ2v) is 4.49. The van der Waals surface area contributed by atoms with Crippen LogP contribution in [0.15, 0.2) is 24.5 Å². The lowest BCUT2D eigenvalue weighted by atomic mass is 10.0. The Morgan fingerprint density at radius 2 is 1.59 bits per heavy atom. The van der Waals surface area contributed by atoms with Crippen molar-refractivity contribution in [2.24, 2.45) is 0 Å². The van der Waals surface area contributed by atoms with Gasteiger partial charge in [0.25, 0.3) is 0 Å². The molecule has 0 spiro atoms. The molecular weight excluding hydrogens is 312 g/mol. The van der Waals surface area contributed by atoms with Gasteiger partial charge in [-0.1, -0.05) is 0 Å². The second kappa shape index (κ2) is 5.15. The summed E-state index contributed by atoms with van der Waals surface area (Å²) in [5.41, 5.74) is 2.34. The Morgan fingerprint density at radius 1 is 0.955 bits per heavy atom. The molecule has 1 heterocycles. The average molecular weight is 321 g/mol. The molecule has 0 aliphatic carbocycles. The molecular formula is C13H9F6N3. The maximum Gasteiger partial charge on any atom is 0.433 e. The highest BCUT2D eigenvalue weighted by Crippen LogP contribution is 2.38. The number of anilines is 1. The third-order valence-corrected chi connectivity index (χ3v) is 2.99. The van der Waals surface area contributed by atoms with Crippen molar-refractivity contribution in [2.75, 3.05) is 5.73 Å². The van der Waals surface area contributed by atoms with Gasteiger partial charge in [0.05, 0.1) is 11.3 Å². The van der Waals surface area contributed by atoms with E-state index in [2.05, 4.69) is 9.97 Å². The zero-order chi connectivity index (χ0) is 16.7. The molecule has 0 radical (unpaired) electrons. The van der Waals surface area contributed by atoms with Crippen molar-refractivity contribution in [3.63, 3.8) is 0 Å². The number of nitrogens with two attached hydrogens (primary N) is 1. The third kappa shape index (κ3) is 2.97. The van der Waals surface area contributed by atoms with Gasteiger partial charge in [0.2, 0.25) is 0 Å². The number of nitrogen functional groups attached to an aromatic ring is 1. The molecule has 0 saturated carbocycles. The van der Waals surface area contributed by atoms with Crippen molar-refractivity contribution in [2.45, 2.75) is 19.3 Å². The monoisotopic (exact) mass is 321 g/mol. The SMILES string of the molecule is Cc1c(-c2cc(C(F)(F)F)ccc2N)ncnc1C(F)(F)F. The summed E-state index contributed by atoms with van der Waals surface area (Å²) in [6.45, 7) is 1.08. The Kier molecular flexibility index (Phi) is 3.76. The van der Waals surface area contributed by atoms with Crippen molar-refractivity contribution < 1.29 is 26.3 Å². The Hall–Kier alpha value is -2.32. The highest BCUT2D eigenvalue weighted by Gasteiger charge is 2.36. The van der Waals surface area contributed by atoms with E-state index in [0.29, 0.717) is 12.4 Å². The van der Waals surface area contributed by atoms with E-state index >= 15 is 0 Å². The largest absolute Gasteiger partial charge is 0.433 e. The summed E-state index contributed by atoms with van der Waals surface area (Å²) in [7, 11) is 0. The summed E-state index contributed by atoms with van der Waals surface area (Å²) in [6.07, 6.45) is -8.74. The molecule has 0 bridgehead atoms. The van der Waals surface area contributed by atoms with Gasteiger partial charge in [-0.05, 0) is 25.1 Å². The first-order valence-electron chi connectivity index (χ1n) is 5.87. The first kappa shape index (κ1) is 16.1. The van der Waals surface area contributed by atoms with E-state index in [9.17, 15) is 26.3 Å². The molecule has 0 aliphatic rings. The summed E-state index contributed by atoms with van der Waals surface area (Å²) < 4.78 is 76.6. The fourth-order valence-corrected chi connectivity index (χ4v) is 1.95. The Labute approximate surface area is 120 Å². The van der Waals surface area contributed by atoms with Crippen LogP contribution in [0.25, 0.3) is 11.3 Å². The van der Waals surface area contributed by atoms with E-state index in [1.54, 1.807) is 0 Å². The molecule has 2 rings (SSSR count). The van der Waals surface area contributed by atoms with Crippen LogP contribution >= 0.6 is 0 Å². The molecule has 2 N–H and O–H groups in total. The van der Waals surface area contributed by atoms with Gasteiger partial charge in [0.15, 0.2) is 5.69 Å². The van der Waals surface area contributed by atoms with Crippen molar-refractivity contribution >= 4 is 5.69 Å². The first-order valence-corrected chi connectivity index (χ1v) is 5.87. The summed E-state index contributed by atoms with van der Waals surface area (Å²) in [4.78, 5) is 6.79. The van der Waals surface area contributed by atoms with Crippen LogP contribution in [0.1, 0.15) is 16.8 Å². The maximum absolute atomic E-state index is 12.8. The first-order chi connectivity index (χ1) is 10.0. The van der Waals surface area contributed by atoms with Crippen LogP contribution in [0, 0.1) is 6.92 Å². The molecule has 0 fully saturated rings. The molecule has 0 saturated heterocycles. The quantitative estimate of drug-likeness (QED) is 0.636. The Morgan fingerprint density at radius 3 is 2.14 bits per heavy atom. The van der Waals surface area contributed by atoms with Crippen molar-refractivity contribution in [3.05, 3.63) is 41.3 Å². The number of benzene rings is 1. The molecule has 1 aromatic heterocycles. The van der Waals surface area contributed by atoms with Gasteiger partial charge in [-0.15, -0.1) is 0 Å². The molecule has 0 unspecified atom stereocenters. The third-order valence-electron chi connectivity index (χ3n) is 2.99. The molecule has 118 valence electrons. The van der Waals surface area contributed by atoms with Crippen LogP contribution in [-0.4, -0.2) is 9.97 Å². The molecule has 3 nitrogen and oxygen atoms in total. The molecule has 2 aromatic rings. The minimum atomic E-state index is -4.74. The van der Waals surface area contributed by atoms with Crippen molar-refractivity contribution in [3.8, 4) is 11.3 Å². The van der Waals surface area contributed by atoms with Gasteiger partial charge in [0, 0.05) is 16.8 Å². The molecule has 22 heavy (non-hydrogen) atoms. The van der Waals surface area contributed by atoms with Gasteiger partial charge >= 0.3 is 12.4 Å². The van der Waals surface area contributed by atoms with Gasteiger partial charge in [-0.25, -0.2) is 9.97 Å². The minimum Gasteiger partial charge on any atom is -0.398 e. The molecule has 0 aliphatic heterocycles. The molecule has 0 amide bonds. The Bertz CT molecular complexity index is 706. The number of alkyl halides is 6. The van der Waals surface area contributed by atoms with Crippen LogP contribution in [0.2, 0.25) is 0 Å². The van der Waals surface area contributed by atoms with Crippen LogP contribution in [0.5, 0.6) is 0 Å². The predicted octanol–water partition coefficient (Wildman–Crippen LogP) is 4.07. The average Bonchev–Trinajstić information content (AvgIpc) is 2.37. The normalized spacial score (nSPS) is 12.5. The lowest BCUT2D eigenvalue weighted by Crippen LogP contribution is -2.12. The lowest BCUT2D eigenvalue weighted by Gasteiger charge is -2.15. The number of rotatable bonds is 1. The van der Waals surface area contributed by atoms with Gasteiger partial charge in [0.1, 0.15) is 6.33 Å². The number of aromatic nitrogens is 2. The number of hydrogen-bond donors (Lipinski definition) is 1. The fraction of sp³-hybridized carbons (Fsp3) is 0.231. The summed E-state index contributed by atoms with van der Waals surface area (Å²) in [5.74, 6) is 0. The van der Waals surface area contributed by atoms with E-state index in [4.69, 9.17) is 5.73 Å².